The molecule has 1 aromatic heterocycles. The molecule has 0 amide bonds. The van der Waals surface area contributed by atoms with Gasteiger partial charge in [-0.3, -0.25) is 4.98 Å². The van der Waals surface area contributed by atoms with Crippen LogP contribution in [0.4, 0.5) is 0 Å². The largest absolute Gasteiger partial charge is 0.491 e. The summed E-state index contributed by atoms with van der Waals surface area (Å²) in [5.41, 5.74) is 2.30. The van der Waals surface area contributed by atoms with E-state index in [9.17, 15) is 0 Å². The summed E-state index contributed by atoms with van der Waals surface area (Å²) < 4.78 is 11.2. The van der Waals surface area contributed by atoms with Crippen molar-refractivity contribution in [2.24, 2.45) is 0 Å². The van der Waals surface area contributed by atoms with Crippen molar-refractivity contribution < 1.29 is 9.47 Å². The minimum atomic E-state index is 0.570. The molecule has 0 radical (unpaired) electrons. The number of hydrogen-bond donors (Lipinski definition) is 0. The summed E-state index contributed by atoms with van der Waals surface area (Å²) in [6, 6.07) is 16.5. The molecule has 1 heterocycles. The highest BCUT2D eigenvalue weighted by Gasteiger charge is 2.05. The smallest absolute Gasteiger partial charge is 0.120 e. The van der Waals surface area contributed by atoms with Crippen LogP contribution in [0.25, 0.3) is 21.9 Å². The van der Waals surface area contributed by atoms with E-state index in [0.717, 1.165) is 29.7 Å². The van der Waals surface area contributed by atoms with E-state index in [-0.39, 0.29) is 0 Å². The number of benzene rings is 2. The Kier molecular flexibility index (Phi) is 5.22. The lowest BCUT2D eigenvalue weighted by Gasteiger charge is -2.10. The first-order valence-corrected chi connectivity index (χ1v) is 8.02. The summed E-state index contributed by atoms with van der Waals surface area (Å²) in [5, 5.41) is 2.34. The van der Waals surface area contributed by atoms with Crippen molar-refractivity contribution in [3.05, 3.63) is 60.9 Å². The molecule has 3 rings (SSSR count). The van der Waals surface area contributed by atoms with Crippen LogP contribution in [0.3, 0.4) is 0 Å². The molecule has 0 aliphatic heterocycles. The Balaban J connectivity index is 1.79. The molecule has 118 valence electrons. The van der Waals surface area contributed by atoms with E-state index in [0.29, 0.717) is 13.2 Å². The van der Waals surface area contributed by atoms with E-state index in [2.05, 4.69) is 42.2 Å². The van der Waals surface area contributed by atoms with E-state index in [4.69, 9.17) is 9.47 Å². The topological polar surface area (TPSA) is 31.4 Å². The molecule has 0 aliphatic carbocycles. The lowest BCUT2D eigenvalue weighted by atomic mass is 10.00. The molecule has 0 unspecified atom stereocenters. The fourth-order valence-corrected chi connectivity index (χ4v) is 2.58. The van der Waals surface area contributed by atoms with Gasteiger partial charge in [0.1, 0.15) is 12.4 Å². The summed E-state index contributed by atoms with van der Waals surface area (Å²) >= 11 is 0. The third-order valence-electron chi connectivity index (χ3n) is 3.67. The van der Waals surface area contributed by atoms with Gasteiger partial charge in [0.2, 0.25) is 0 Å². The average Bonchev–Trinajstić information content (AvgIpc) is 2.61. The van der Waals surface area contributed by atoms with Gasteiger partial charge in [-0.25, -0.2) is 0 Å². The predicted molar refractivity (Wildman–Crippen MR) is 93.8 cm³/mol. The van der Waals surface area contributed by atoms with Gasteiger partial charge in [0.25, 0.3) is 0 Å². The Morgan fingerprint density at radius 3 is 2.78 bits per heavy atom. The van der Waals surface area contributed by atoms with E-state index >= 15 is 0 Å². The predicted octanol–water partition coefficient (Wildman–Crippen LogP) is 4.71. The molecule has 0 spiro atoms. The summed E-state index contributed by atoms with van der Waals surface area (Å²) in [7, 11) is 0. The van der Waals surface area contributed by atoms with Crippen molar-refractivity contribution in [2.75, 3.05) is 19.8 Å². The Hall–Kier alpha value is -2.39. The monoisotopic (exact) mass is 307 g/mol. The lowest BCUT2D eigenvalue weighted by Crippen LogP contribution is -2.07. The molecule has 3 nitrogen and oxygen atoms in total. The van der Waals surface area contributed by atoms with Gasteiger partial charge in [-0.15, -0.1) is 0 Å². The van der Waals surface area contributed by atoms with Crippen LogP contribution in [0.15, 0.2) is 60.9 Å². The van der Waals surface area contributed by atoms with Crippen LogP contribution in [0.2, 0.25) is 0 Å². The number of aromatic nitrogens is 1. The summed E-state index contributed by atoms with van der Waals surface area (Å²) in [6.45, 7) is 4.08. The molecule has 0 bridgehead atoms. The third kappa shape index (κ3) is 3.88. The Morgan fingerprint density at radius 2 is 1.87 bits per heavy atom. The molecule has 0 saturated heterocycles. The maximum Gasteiger partial charge on any atom is 0.120 e. The Labute approximate surface area is 136 Å². The minimum absolute atomic E-state index is 0.570. The van der Waals surface area contributed by atoms with Gasteiger partial charge in [-0.1, -0.05) is 37.3 Å². The van der Waals surface area contributed by atoms with Crippen molar-refractivity contribution in [1.29, 1.82) is 0 Å². The first-order valence-electron chi connectivity index (χ1n) is 8.02. The van der Waals surface area contributed by atoms with Gasteiger partial charge in [-0.05, 0) is 41.1 Å². The van der Waals surface area contributed by atoms with E-state index < -0.39 is 0 Å². The van der Waals surface area contributed by atoms with Gasteiger partial charge >= 0.3 is 0 Å². The van der Waals surface area contributed by atoms with Crippen molar-refractivity contribution in [1.82, 2.24) is 4.98 Å². The molecular formula is C20H21NO2. The quantitative estimate of drug-likeness (QED) is 0.592. The SMILES string of the molecule is CCCOCCOc1cccc(-c2cccc3ccncc23)c1. The van der Waals surface area contributed by atoms with Crippen LogP contribution in [0.1, 0.15) is 13.3 Å². The van der Waals surface area contributed by atoms with Crippen molar-refractivity contribution in [3.63, 3.8) is 0 Å². The van der Waals surface area contributed by atoms with Crippen LogP contribution in [0, 0.1) is 0 Å². The zero-order chi connectivity index (χ0) is 15.9. The first-order chi connectivity index (χ1) is 11.4. The summed E-state index contributed by atoms with van der Waals surface area (Å²) in [5.74, 6) is 0.864. The highest BCUT2D eigenvalue weighted by atomic mass is 16.5. The zero-order valence-electron chi connectivity index (χ0n) is 13.4. The van der Waals surface area contributed by atoms with Gasteiger partial charge < -0.3 is 9.47 Å². The average molecular weight is 307 g/mol. The molecule has 0 aliphatic rings. The highest BCUT2D eigenvalue weighted by molar-refractivity contribution is 5.96. The lowest BCUT2D eigenvalue weighted by molar-refractivity contribution is 0.101. The highest BCUT2D eigenvalue weighted by Crippen LogP contribution is 2.30. The van der Waals surface area contributed by atoms with Crippen molar-refractivity contribution in [2.45, 2.75) is 13.3 Å². The molecule has 3 aromatic rings. The van der Waals surface area contributed by atoms with Crippen LogP contribution in [-0.2, 0) is 4.74 Å². The second-order valence-electron chi connectivity index (χ2n) is 5.39. The standard InChI is InChI=1S/C20H21NO2/c1-2-11-22-12-13-23-18-7-3-6-17(14-18)19-8-4-5-16-9-10-21-15-20(16)19/h3-10,14-15H,2,11-13H2,1H3. The molecule has 23 heavy (non-hydrogen) atoms. The number of hydrogen-bond acceptors (Lipinski definition) is 3. The van der Waals surface area contributed by atoms with Crippen LogP contribution < -0.4 is 4.74 Å². The maximum absolute atomic E-state index is 5.79. The molecule has 0 saturated carbocycles. The fraction of sp³-hybridized carbons (Fsp3) is 0.250. The molecule has 2 aromatic carbocycles. The second kappa shape index (κ2) is 7.75. The molecule has 3 heteroatoms. The Morgan fingerprint density at radius 1 is 0.957 bits per heavy atom. The number of rotatable bonds is 7. The van der Waals surface area contributed by atoms with Crippen molar-refractivity contribution >= 4 is 10.8 Å². The third-order valence-corrected chi connectivity index (χ3v) is 3.67. The number of fused-ring (bicyclic) bond motifs is 1. The molecule has 0 atom stereocenters. The van der Waals surface area contributed by atoms with Crippen LogP contribution in [-0.4, -0.2) is 24.8 Å². The zero-order valence-corrected chi connectivity index (χ0v) is 13.4. The van der Waals surface area contributed by atoms with Gasteiger partial charge in [0, 0.05) is 24.4 Å². The van der Waals surface area contributed by atoms with Crippen LogP contribution >= 0.6 is 0 Å². The molecule has 0 fully saturated rings. The Bertz CT molecular complexity index is 765. The normalized spacial score (nSPS) is 10.8. The number of pyridine rings is 1. The van der Waals surface area contributed by atoms with E-state index in [1.165, 1.54) is 10.9 Å². The minimum Gasteiger partial charge on any atom is -0.491 e. The van der Waals surface area contributed by atoms with Crippen LogP contribution in [0.5, 0.6) is 5.75 Å². The number of ether oxygens (including phenoxy) is 2. The summed E-state index contributed by atoms with van der Waals surface area (Å²) in [4.78, 5) is 4.25. The first kappa shape index (κ1) is 15.5. The fourth-order valence-electron chi connectivity index (χ4n) is 2.58. The molecular weight excluding hydrogens is 286 g/mol. The summed E-state index contributed by atoms with van der Waals surface area (Å²) in [6.07, 6.45) is 4.77. The number of nitrogens with zero attached hydrogens (tertiary/aromatic N) is 1. The van der Waals surface area contributed by atoms with Gasteiger partial charge in [-0.2, -0.15) is 0 Å². The maximum atomic E-state index is 5.79. The van der Waals surface area contributed by atoms with Crippen molar-refractivity contribution in [3.8, 4) is 16.9 Å². The van der Waals surface area contributed by atoms with E-state index in [1.807, 2.05) is 30.6 Å². The van der Waals surface area contributed by atoms with Gasteiger partial charge in [0.15, 0.2) is 0 Å². The second-order valence-corrected chi connectivity index (χ2v) is 5.39. The van der Waals surface area contributed by atoms with E-state index in [1.54, 1.807) is 0 Å². The molecule has 0 N–H and O–H groups in total. The van der Waals surface area contributed by atoms with Gasteiger partial charge in [0.05, 0.1) is 6.61 Å².